The highest BCUT2D eigenvalue weighted by molar-refractivity contribution is 5.70. The van der Waals surface area contributed by atoms with Crippen LogP contribution in [0.4, 0.5) is 11.5 Å². The topological polar surface area (TPSA) is 138 Å². The van der Waals surface area contributed by atoms with E-state index in [9.17, 15) is 5.26 Å². The molecule has 11 heteroatoms. The second-order valence-corrected chi connectivity index (χ2v) is 6.68. The van der Waals surface area contributed by atoms with E-state index in [1.54, 1.807) is 23.8 Å². The molecule has 0 fully saturated rings. The van der Waals surface area contributed by atoms with Crippen molar-refractivity contribution in [2.45, 2.75) is 13.8 Å². The van der Waals surface area contributed by atoms with Gasteiger partial charge in [0.2, 0.25) is 0 Å². The molecule has 0 atom stereocenters. The van der Waals surface area contributed by atoms with E-state index in [1.807, 2.05) is 37.3 Å². The second-order valence-electron chi connectivity index (χ2n) is 6.68. The lowest BCUT2D eigenvalue weighted by Crippen LogP contribution is -1.99. The first kappa shape index (κ1) is 18.3. The summed E-state index contributed by atoms with van der Waals surface area (Å²) < 4.78 is 3.14. The van der Waals surface area contributed by atoms with Crippen LogP contribution in [0.15, 0.2) is 59.2 Å². The number of nitrogens with one attached hydrogen (secondary N) is 1. The maximum absolute atomic E-state index is 9.60. The SMILES string of the molecule is Cc1nn(-c2cnccn2)c(/N=N/c2c(C)nn3c(-c4ccccc4)n[nH]c23)c1C#N. The Morgan fingerprint density at radius 1 is 1.03 bits per heavy atom. The van der Waals surface area contributed by atoms with Crippen molar-refractivity contribution in [3.63, 3.8) is 0 Å². The number of aromatic amines is 1. The number of aromatic nitrogens is 8. The van der Waals surface area contributed by atoms with Crippen molar-refractivity contribution in [3.8, 4) is 23.3 Å². The number of nitrogens with zero attached hydrogens (tertiary/aromatic N) is 10. The molecule has 0 radical (unpaired) electrons. The molecule has 0 saturated heterocycles. The fourth-order valence-electron chi connectivity index (χ4n) is 3.22. The first-order valence-electron chi connectivity index (χ1n) is 9.34. The molecule has 4 aromatic heterocycles. The van der Waals surface area contributed by atoms with Crippen LogP contribution in [0.25, 0.3) is 22.9 Å². The summed E-state index contributed by atoms with van der Waals surface area (Å²) in [5, 5.41) is 34.6. The summed E-state index contributed by atoms with van der Waals surface area (Å²) in [4.78, 5) is 8.30. The highest BCUT2D eigenvalue weighted by Gasteiger charge is 2.19. The third kappa shape index (κ3) is 3.03. The lowest BCUT2D eigenvalue weighted by Gasteiger charge is -2.00. The van der Waals surface area contributed by atoms with Crippen LogP contribution in [0, 0.1) is 25.2 Å². The van der Waals surface area contributed by atoms with Gasteiger partial charge in [0.15, 0.2) is 28.8 Å². The molecule has 0 aliphatic carbocycles. The van der Waals surface area contributed by atoms with E-state index in [1.165, 1.54) is 10.9 Å². The Hall–Kier alpha value is -4.72. The summed E-state index contributed by atoms with van der Waals surface area (Å²) in [6.45, 7) is 3.56. The Morgan fingerprint density at radius 2 is 1.87 bits per heavy atom. The number of rotatable bonds is 4. The summed E-state index contributed by atoms with van der Waals surface area (Å²) in [6, 6.07) is 11.9. The van der Waals surface area contributed by atoms with Gasteiger partial charge in [-0.1, -0.05) is 30.3 Å². The van der Waals surface area contributed by atoms with Gasteiger partial charge in [0.05, 0.1) is 17.6 Å². The summed E-state index contributed by atoms with van der Waals surface area (Å²) in [5.41, 5.74) is 3.53. The minimum Gasteiger partial charge on any atom is -0.259 e. The lowest BCUT2D eigenvalue weighted by atomic mass is 10.2. The largest absolute Gasteiger partial charge is 0.259 e. The molecule has 31 heavy (non-hydrogen) atoms. The van der Waals surface area contributed by atoms with E-state index in [0.717, 1.165) is 5.56 Å². The molecule has 0 spiro atoms. The lowest BCUT2D eigenvalue weighted by molar-refractivity contribution is 0.819. The van der Waals surface area contributed by atoms with E-state index < -0.39 is 0 Å². The summed E-state index contributed by atoms with van der Waals surface area (Å²) >= 11 is 0. The van der Waals surface area contributed by atoms with Crippen molar-refractivity contribution < 1.29 is 0 Å². The van der Waals surface area contributed by atoms with Gasteiger partial charge in [0, 0.05) is 18.0 Å². The average molecular weight is 409 g/mol. The van der Waals surface area contributed by atoms with Crippen molar-refractivity contribution in [1.82, 2.24) is 39.6 Å². The molecule has 5 rings (SSSR count). The number of fused-ring (bicyclic) bond motifs is 1. The third-order valence-electron chi connectivity index (χ3n) is 4.69. The predicted molar refractivity (Wildman–Crippen MR) is 110 cm³/mol. The van der Waals surface area contributed by atoms with E-state index in [-0.39, 0.29) is 5.82 Å². The fraction of sp³-hybridized carbons (Fsp3) is 0.100. The monoisotopic (exact) mass is 409 g/mol. The molecule has 150 valence electrons. The van der Waals surface area contributed by atoms with Gasteiger partial charge in [-0.05, 0) is 13.8 Å². The maximum Gasteiger partial charge on any atom is 0.197 e. The van der Waals surface area contributed by atoms with Crippen molar-refractivity contribution >= 4 is 17.2 Å². The molecule has 11 nitrogen and oxygen atoms in total. The molecule has 1 aromatic carbocycles. The zero-order valence-corrected chi connectivity index (χ0v) is 16.6. The zero-order chi connectivity index (χ0) is 21.4. The summed E-state index contributed by atoms with van der Waals surface area (Å²) in [7, 11) is 0. The molecule has 0 aliphatic heterocycles. The number of H-pyrrole nitrogens is 1. The zero-order valence-electron chi connectivity index (χ0n) is 16.6. The van der Waals surface area contributed by atoms with E-state index in [4.69, 9.17) is 0 Å². The third-order valence-corrected chi connectivity index (χ3v) is 4.69. The number of aryl methyl sites for hydroxylation is 2. The van der Waals surface area contributed by atoms with Crippen LogP contribution >= 0.6 is 0 Å². The molecule has 0 saturated carbocycles. The molecule has 0 unspecified atom stereocenters. The highest BCUT2D eigenvalue weighted by Crippen LogP contribution is 2.31. The molecule has 1 N–H and O–H groups in total. The van der Waals surface area contributed by atoms with Crippen LogP contribution in [0.2, 0.25) is 0 Å². The normalized spacial score (nSPS) is 11.4. The van der Waals surface area contributed by atoms with Crippen molar-refractivity contribution in [2.24, 2.45) is 10.2 Å². The van der Waals surface area contributed by atoms with Gasteiger partial charge in [0.25, 0.3) is 0 Å². The number of hydrogen-bond donors (Lipinski definition) is 1. The van der Waals surface area contributed by atoms with Crippen LogP contribution in [0.5, 0.6) is 0 Å². The van der Waals surface area contributed by atoms with E-state index in [0.29, 0.717) is 39.9 Å². The minimum absolute atomic E-state index is 0.266. The average Bonchev–Trinajstić information content (AvgIpc) is 3.44. The first-order chi connectivity index (χ1) is 15.2. The van der Waals surface area contributed by atoms with Gasteiger partial charge in [-0.25, -0.2) is 4.98 Å². The van der Waals surface area contributed by atoms with E-state index in [2.05, 4.69) is 46.7 Å². The van der Waals surface area contributed by atoms with Gasteiger partial charge in [-0.3, -0.25) is 10.1 Å². The van der Waals surface area contributed by atoms with Crippen molar-refractivity contribution in [1.29, 1.82) is 5.26 Å². The Morgan fingerprint density at radius 3 is 2.61 bits per heavy atom. The van der Waals surface area contributed by atoms with Gasteiger partial charge in [-0.15, -0.1) is 10.2 Å². The molecular weight excluding hydrogens is 394 g/mol. The standard InChI is InChI=1S/C20H15N11/c1-12-15(10-21)19(30(28-12)16-11-22-8-9-23-16)26-24-17-13(2)29-31-18(25-27-20(17)31)14-6-4-3-5-7-14/h3-9,11,27H,1-2H3/b26-24+. The van der Waals surface area contributed by atoms with Crippen molar-refractivity contribution in [3.05, 3.63) is 65.9 Å². The second kappa shape index (κ2) is 7.27. The molecule has 4 heterocycles. The van der Waals surface area contributed by atoms with E-state index >= 15 is 0 Å². The van der Waals surface area contributed by atoms with Crippen LogP contribution in [0.3, 0.4) is 0 Å². The smallest absolute Gasteiger partial charge is 0.197 e. The van der Waals surface area contributed by atoms with Gasteiger partial charge in [0.1, 0.15) is 11.6 Å². The van der Waals surface area contributed by atoms with Crippen LogP contribution in [-0.4, -0.2) is 39.6 Å². The van der Waals surface area contributed by atoms with Crippen molar-refractivity contribution in [2.75, 3.05) is 0 Å². The number of benzene rings is 1. The summed E-state index contributed by atoms with van der Waals surface area (Å²) in [6.07, 6.45) is 4.64. The molecule has 0 bridgehead atoms. The Kier molecular flexibility index (Phi) is 4.30. The Balaban J connectivity index is 1.62. The van der Waals surface area contributed by atoms with Gasteiger partial charge < -0.3 is 0 Å². The highest BCUT2D eigenvalue weighted by atomic mass is 15.4. The maximum atomic E-state index is 9.60. The fourth-order valence-corrected chi connectivity index (χ4v) is 3.22. The molecule has 0 aliphatic rings. The number of hydrogen-bond acceptors (Lipinski definition) is 8. The number of azo groups is 1. The molecule has 5 aromatic rings. The first-order valence-corrected chi connectivity index (χ1v) is 9.34. The number of nitriles is 1. The predicted octanol–water partition coefficient (Wildman–Crippen LogP) is 3.60. The Labute approximate surface area is 175 Å². The van der Waals surface area contributed by atoms with Gasteiger partial charge in [-0.2, -0.15) is 29.8 Å². The molecular formula is C20H15N11. The summed E-state index contributed by atoms with van der Waals surface area (Å²) in [5.74, 6) is 1.37. The van der Waals surface area contributed by atoms with Crippen LogP contribution in [0.1, 0.15) is 17.0 Å². The van der Waals surface area contributed by atoms with Gasteiger partial charge >= 0.3 is 0 Å². The van der Waals surface area contributed by atoms with Crippen LogP contribution in [-0.2, 0) is 0 Å². The van der Waals surface area contributed by atoms with Crippen LogP contribution < -0.4 is 0 Å². The quantitative estimate of drug-likeness (QED) is 0.450. The Bertz CT molecular complexity index is 1450. The minimum atomic E-state index is 0.266. The molecule has 0 amide bonds.